The first-order valence-corrected chi connectivity index (χ1v) is 4.42. The van der Waals surface area contributed by atoms with Crippen molar-refractivity contribution in [3.63, 3.8) is 0 Å². The van der Waals surface area contributed by atoms with Gasteiger partial charge in [0.15, 0.2) is 6.29 Å². The maximum Gasteiger partial charge on any atom is 0.157 e. The third kappa shape index (κ3) is 2.50. The van der Waals surface area contributed by atoms with E-state index in [4.69, 9.17) is 16.3 Å². The quantitative estimate of drug-likeness (QED) is 0.770. The average Bonchev–Trinajstić information content (AvgIpc) is 2.03. The van der Waals surface area contributed by atoms with E-state index in [-0.39, 0.29) is 6.61 Å². The summed E-state index contributed by atoms with van der Waals surface area (Å²) < 4.78 is 5.90. The number of rotatable bonds is 3. The summed E-state index contributed by atoms with van der Waals surface area (Å²) in [6.45, 7) is 0.0291. The van der Waals surface area contributed by atoms with Crippen molar-refractivity contribution in [3.8, 4) is 5.75 Å². The van der Waals surface area contributed by atoms with Gasteiger partial charge < -0.3 is 4.74 Å². The highest BCUT2D eigenvalue weighted by Gasteiger charge is 2.00. The van der Waals surface area contributed by atoms with Gasteiger partial charge in [0.05, 0.1) is 5.02 Å². The molecule has 12 heavy (non-hydrogen) atoms. The molecule has 0 aliphatic heterocycles. The maximum atomic E-state index is 9.98. The molecule has 0 aromatic heterocycles. The molecular weight excluding hydrogens is 243 g/mol. The van der Waals surface area contributed by atoms with Gasteiger partial charge in [0.1, 0.15) is 12.4 Å². The van der Waals surface area contributed by atoms with Gasteiger partial charge in [0.2, 0.25) is 0 Å². The normalized spacial score (nSPS) is 9.50. The fraction of sp³-hybridized carbons (Fsp3) is 0.125. The zero-order valence-corrected chi connectivity index (χ0v) is 8.43. The lowest BCUT2D eigenvalue weighted by Crippen LogP contribution is -1.97. The van der Waals surface area contributed by atoms with E-state index >= 15 is 0 Å². The molecule has 0 N–H and O–H groups in total. The molecule has 0 saturated carbocycles. The van der Waals surface area contributed by atoms with Crippen molar-refractivity contribution in [2.24, 2.45) is 0 Å². The van der Waals surface area contributed by atoms with Gasteiger partial charge in [-0.2, -0.15) is 0 Å². The van der Waals surface area contributed by atoms with Crippen LogP contribution >= 0.6 is 27.5 Å². The largest absolute Gasteiger partial charge is 0.485 e. The summed E-state index contributed by atoms with van der Waals surface area (Å²) in [5, 5.41) is 0.492. The van der Waals surface area contributed by atoms with Crippen LogP contribution in [0.5, 0.6) is 5.75 Å². The van der Waals surface area contributed by atoms with Crippen LogP contribution in [0.3, 0.4) is 0 Å². The fourth-order valence-corrected chi connectivity index (χ4v) is 1.44. The highest BCUT2D eigenvalue weighted by molar-refractivity contribution is 9.10. The number of aldehydes is 1. The third-order valence-corrected chi connectivity index (χ3v) is 1.99. The van der Waals surface area contributed by atoms with Crippen LogP contribution in [0.15, 0.2) is 22.7 Å². The molecule has 64 valence electrons. The van der Waals surface area contributed by atoms with Crippen LogP contribution in [-0.2, 0) is 4.79 Å². The number of carbonyl (C=O) groups is 1. The van der Waals surface area contributed by atoms with E-state index in [9.17, 15) is 4.79 Å². The molecule has 1 aromatic rings. The van der Waals surface area contributed by atoms with Gasteiger partial charge in [0, 0.05) is 4.47 Å². The molecule has 0 radical (unpaired) electrons. The van der Waals surface area contributed by atoms with Gasteiger partial charge in [0.25, 0.3) is 0 Å². The smallest absolute Gasteiger partial charge is 0.157 e. The highest BCUT2D eigenvalue weighted by Crippen LogP contribution is 2.27. The molecular formula is C8H6BrClO2. The van der Waals surface area contributed by atoms with Crippen LogP contribution < -0.4 is 4.74 Å². The Bertz CT molecular complexity index is 288. The average molecular weight is 249 g/mol. The Labute approximate surface area is 83.6 Å². The molecule has 1 rings (SSSR count). The summed E-state index contributed by atoms with van der Waals surface area (Å²) >= 11 is 9.05. The van der Waals surface area contributed by atoms with Gasteiger partial charge in [-0.3, -0.25) is 4.79 Å². The van der Waals surface area contributed by atoms with Crippen LogP contribution in [-0.4, -0.2) is 12.9 Å². The molecule has 4 heteroatoms. The van der Waals surface area contributed by atoms with Crippen molar-refractivity contribution >= 4 is 33.8 Å². The summed E-state index contributed by atoms with van der Waals surface area (Å²) in [6, 6.07) is 5.21. The van der Waals surface area contributed by atoms with Crippen molar-refractivity contribution in [1.82, 2.24) is 0 Å². The van der Waals surface area contributed by atoms with Crippen molar-refractivity contribution in [2.75, 3.05) is 6.61 Å². The second-order valence-electron chi connectivity index (χ2n) is 2.05. The Morgan fingerprint density at radius 3 is 2.92 bits per heavy atom. The van der Waals surface area contributed by atoms with Gasteiger partial charge in [-0.1, -0.05) is 27.5 Å². The van der Waals surface area contributed by atoms with E-state index in [1.807, 2.05) is 0 Å². The Hall–Kier alpha value is -0.540. The Morgan fingerprint density at radius 2 is 2.33 bits per heavy atom. The molecule has 1 aromatic carbocycles. The standard InChI is InChI=1S/C8H6BrClO2/c9-6-1-2-8(7(10)5-6)12-4-3-11/h1-3,5H,4H2. The molecule has 0 aliphatic rings. The van der Waals surface area contributed by atoms with E-state index in [1.54, 1.807) is 18.2 Å². The summed E-state index contributed by atoms with van der Waals surface area (Å²) in [6.07, 6.45) is 0.679. The highest BCUT2D eigenvalue weighted by atomic mass is 79.9. The summed E-state index contributed by atoms with van der Waals surface area (Å²) in [5.74, 6) is 0.520. The van der Waals surface area contributed by atoms with E-state index in [1.165, 1.54) is 0 Å². The topological polar surface area (TPSA) is 26.3 Å². The van der Waals surface area contributed by atoms with Gasteiger partial charge in [-0.25, -0.2) is 0 Å². The zero-order chi connectivity index (χ0) is 8.97. The first-order valence-electron chi connectivity index (χ1n) is 3.25. The number of hydrogen-bond acceptors (Lipinski definition) is 2. The van der Waals surface area contributed by atoms with Crippen molar-refractivity contribution in [1.29, 1.82) is 0 Å². The monoisotopic (exact) mass is 248 g/mol. The van der Waals surface area contributed by atoms with Crippen LogP contribution in [0, 0.1) is 0 Å². The second kappa shape index (κ2) is 4.48. The zero-order valence-electron chi connectivity index (χ0n) is 6.09. The molecule has 0 unspecified atom stereocenters. The molecule has 0 atom stereocenters. The van der Waals surface area contributed by atoms with E-state index in [0.29, 0.717) is 17.1 Å². The van der Waals surface area contributed by atoms with Crippen molar-refractivity contribution < 1.29 is 9.53 Å². The lowest BCUT2D eigenvalue weighted by atomic mass is 10.3. The van der Waals surface area contributed by atoms with Crippen molar-refractivity contribution in [3.05, 3.63) is 27.7 Å². The number of carbonyl (C=O) groups excluding carboxylic acids is 1. The SMILES string of the molecule is O=CCOc1ccc(Br)cc1Cl. The summed E-state index contributed by atoms with van der Waals surface area (Å²) in [5.41, 5.74) is 0. The predicted molar refractivity (Wildman–Crippen MR) is 50.7 cm³/mol. The lowest BCUT2D eigenvalue weighted by molar-refractivity contribution is -0.109. The van der Waals surface area contributed by atoms with Gasteiger partial charge in [-0.05, 0) is 18.2 Å². The molecule has 0 saturated heterocycles. The fourth-order valence-electron chi connectivity index (χ4n) is 0.716. The van der Waals surface area contributed by atoms with E-state index in [0.717, 1.165) is 4.47 Å². The Kier molecular flexibility index (Phi) is 3.56. The van der Waals surface area contributed by atoms with E-state index in [2.05, 4.69) is 15.9 Å². The van der Waals surface area contributed by atoms with Crippen LogP contribution in [0.2, 0.25) is 5.02 Å². The van der Waals surface area contributed by atoms with Gasteiger partial charge >= 0.3 is 0 Å². The van der Waals surface area contributed by atoms with Crippen LogP contribution in [0.25, 0.3) is 0 Å². The minimum atomic E-state index is 0.0291. The molecule has 0 bridgehead atoms. The first kappa shape index (κ1) is 9.55. The number of hydrogen-bond donors (Lipinski definition) is 0. The molecule has 0 aliphatic carbocycles. The summed E-state index contributed by atoms with van der Waals surface area (Å²) in [4.78, 5) is 9.98. The predicted octanol–water partition coefficient (Wildman–Crippen LogP) is 2.68. The van der Waals surface area contributed by atoms with Crippen LogP contribution in [0.1, 0.15) is 0 Å². The van der Waals surface area contributed by atoms with E-state index < -0.39 is 0 Å². The molecule has 0 amide bonds. The second-order valence-corrected chi connectivity index (χ2v) is 3.38. The minimum Gasteiger partial charge on any atom is -0.485 e. The van der Waals surface area contributed by atoms with Gasteiger partial charge in [-0.15, -0.1) is 0 Å². The van der Waals surface area contributed by atoms with Crippen LogP contribution in [0.4, 0.5) is 0 Å². The molecule has 0 spiro atoms. The number of benzene rings is 1. The lowest BCUT2D eigenvalue weighted by Gasteiger charge is -2.03. The molecule has 0 fully saturated rings. The number of halogens is 2. The molecule has 0 heterocycles. The minimum absolute atomic E-state index is 0.0291. The first-order chi connectivity index (χ1) is 5.74. The maximum absolute atomic E-state index is 9.98. The Morgan fingerprint density at radius 1 is 1.58 bits per heavy atom. The summed E-state index contributed by atoms with van der Waals surface area (Å²) in [7, 11) is 0. The third-order valence-electron chi connectivity index (χ3n) is 1.20. The molecule has 2 nitrogen and oxygen atoms in total. The number of ether oxygens (including phenoxy) is 1. The Balaban J connectivity index is 2.78. The van der Waals surface area contributed by atoms with Crippen molar-refractivity contribution in [2.45, 2.75) is 0 Å².